The van der Waals surface area contributed by atoms with Gasteiger partial charge in [0.25, 0.3) is 0 Å². The molecule has 51 heavy (non-hydrogen) atoms. The van der Waals surface area contributed by atoms with E-state index in [9.17, 15) is 14.7 Å². The topological polar surface area (TPSA) is 112 Å². The average Bonchev–Trinajstić information content (AvgIpc) is 3.13. The van der Waals surface area contributed by atoms with E-state index in [1.807, 2.05) is 64.1 Å². The largest absolute Gasteiger partial charge is 0.392 e. The molecule has 3 aromatic carbocycles. The van der Waals surface area contributed by atoms with Gasteiger partial charge in [0.05, 0.1) is 24.9 Å². The summed E-state index contributed by atoms with van der Waals surface area (Å²) in [5, 5.41) is 18.6. The smallest absolute Gasteiger partial charge is 0.315 e. The number of ether oxygens (including phenoxy) is 2. The maximum absolute atomic E-state index is 13.8. The summed E-state index contributed by atoms with van der Waals surface area (Å²) in [5.41, 5.74) is 5.70. The zero-order valence-corrected chi connectivity index (χ0v) is 30.7. The summed E-state index contributed by atoms with van der Waals surface area (Å²) < 4.78 is 13.5. The number of aliphatic hydroxyl groups excluding tert-OH is 1. The number of piperidine rings is 1. The number of hydrogen-bond acceptors (Lipinski definition) is 6. The molecule has 4 N–H and O–H groups in total. The number of nitrogens with zero attached hydrogens (tertiary/aromatic N) is 1. The lowest BCUT2D eigenvalue weighted by Gasteiger charge is -2.50. The molecule has 0 unspecified atom stereocenters. The number of nitrogens with one attached hydrogen (secondary N) is 3. The Morgan fingerprint density at radius 3 is 2.31 bits per heavy atom. The van der Waals surface area contributed by atoms with Crippen LogP contribution in [0.1, 0.15) is 107 Å². The maximum Gasteiger partial charge on any atom is 0.315 e. The van der Waals surface area contributed by atoms with Crippen LogP contribution in [-0.2, 0) is 27.4 Å². The minimum absolute atomic E-state index is 0.00431. The highest BCUT2D eigenvalue weighted by Crippen LogP contribution is 2.42. The van der Waals surface area contributed by atoms with E-state index in [0.717, 1.165) is 52.6 Å². The van der Waals surface area contributed by atoms with Crippen LogP contribution in [0.25, 0.3) is 11.1 Å². The molecule has 9 nitrogen and oxygen atoms in total. The second-order valence-corrected chi connectivity index (χ2v) is 15.5. The van der Waals surface area contributed by atoms with Crippen molar-refractivity contribution in [3.63, 3.8) is 0 Å². The molecular weight excluding hydrogens is 640 g/mol. The molecule has 274 valence electrons. The van der Waals surface area contributed by atoms with Crippen LogP contribution in [0.5, 0.6) is 0 Å². The van der Waals surface area contributed by atoms with Gasteiger partial charge in [0.1, 0.15) is 0 Å². The van der Waals surface area contributed by atoms with E-state index < -0.39 is 6.29 Å². The maximum atomic E-state index is 13.8. The Morgan fingerprint density at radius 2 is 1.59 bits per heavy atom. The summed E-state index contributed by atoms with van der Waals surface area (Å²) in [5.74, 6) is 0.733. The van der Waals surface area contributed by atoms with Crippen LogP contribution >= 0.6 is 0 Å². The van der Waals surface area contributed by atoms with E-state index in [1.165, 1.54) is 19.3 Å². The van der Waals surface area contributed by atoms with Crippen LogP contribution in [0.3, 0.4) is 0 Å². The molecule has 2 aliphatic heterocycles. The third-order valence-electron chi connectivity index (χ3n) is 10.6. The minimum atomic E-state index is -0.582. The predicted octanol–water partition coefficient (Wildman–Crippen LogP) is 7.15. The summed E-state index contributed by atoms with van der Waals surface area (Å²) in [6, 6.07) is 24.6. The van der Waals surface area contributed by atoms with E-state index in [1.54, 1.807) is 0 Å². The molecule has 6 atom stereocenters. The third kappa shape index (κ3) is 9.57. The van der Waals surface area contributed by atoms with Gasteiger partial charge in [-0.05, 0) is 93.2 Å². The molecule has 3 aliphatic rings. The van der Waals surface area contributed by atoms with Gasteiger partial charge in [-0.3, -0.25) is 9.69 Å². The molecule has 9 heteroatoms. The summed E-state index contributed by atoms with van der Waals surface area (Å²) in [6.07, 6.45) is 6.51. The van der Waals surface area contributed by atoms with E-state index in [4.69, 9.17) is 9.47 Å². The highest BCUT2D eigenvalue weighted by Gasteiger charge is 2.44. The van der Waals surface area contributed by atoms with E-state index >= 15 is 0 Å². The standard InChI is InChI=1S/C42H56N4O5/c1-5-43-41(49)44-25-29-9-8-11-34(23-29)30-17-19-33(20-18-30)40-50-35(24-38(51-40)32-15-13-28(27-47)14-16-32)26-46-36-12-7-6-10-31(36)21-22-37(46)39(48)45-42(2,3)4/h8-9,11,13-20,23,31,35-38,40,47H,5-7,10,12,21-22,24-27H2,1-4H3,(H,45,48)(H2,43,44,49)/t31-,35+,36-,37-,38-,40-/m1/s1. The quantitative estimate of drug-likeness (QED) is 0.179. The van der Waals surface area contributed by atoms with Gasteiger partial charge in [-0.1, -0.05) is 79.6 Å². The lowest BCUT2D eigenvalue weighted by atomic mass is 9.75. The van der Waals surface area contributed by atoms with Gasteiger partial charge in [-0.2, -0.15) is 0 Å². The fraction of sp³-hybridized carbons (Fsp3) is 0.524. The van der Waals surface area contributed by atoms with Crippen molar-refractivity contribution in [2.45, 2.75) is 122 Å². The second kappa shape index (κ2) is 16.7. The van der Waals surface area contributed by atoms with Gasteiger partial charge in [0.15, 0.2) is 6.29 Å². The number of benzene rings is 3. The molecule has 3 aromatic rings. The zero-order chi connectivity index (χ0) is 36.0. The molecule has 0 bridgehead atoms. The molecular formula is C42H56N4O5. The number of rotatable bonds is 10. The Bertz CT molecular complexity index is 1600. The number of likely N-dealkylation sites (tertiary alicyclic amines) is 1. The molecule has 0 radical (unpaired) electrons. The van der Waals surface area contributed by atoms with E-state index in [0.29, 0.717) is 38.0 Å². The summed E-state index contributed by atoms with van der Waals surface area (Å²) in [7, 11) is 0. The number of carbonyl (C=O) groups is 2. The monoisotopic (exact) mass is 696 g/mol. The van der Waals surface area contributed by atoms with Gasteiger partial charge < -0.3 is 30.5 Å². The first-order valence-corrected chi connectivity index (χ1v) is 18.9. The Morgan fingerprint density at radius 1 is 0.843 bits per heavy atom. The molecule has 2 heterocycles. The van der Waals surface area contributed by atoms with Crippen molar-refractivity contribution >= 4 is 11.9 Å². The molecule has 0 spiro atoms. The fourth-order valence-electron chi connectivity index (χ4n) is 8.09. The highest BCUT2D eigenvalue weighted by atomic mass is 16.7. The third-order valence-corrected chi connectivity index (χ3v) is 10.6. The number of urea groups is 1. The molecule has 3 amide bonds. The zero-order valence-electron chi connectivity index (χ0n) is 30.7. The number of fused-ring (bicyclic) bond motifs is 1. The number of amides is 3. The van der Waals surface area contributed by atoms with Crippen molar-refractivity contribution in [1.82, 2.24) is 20.9 Å². The van der Waals surface area contributed by atoms with Crippen LogP contribution in [0.4, 0.5) is 4.79 Å². The van der Waals surface area contributed by atoms with Crippen molar-refractivity contribution < 1.29 is 24.2 Å². The average molecular weight is 697 g/mol. The predicted molar refractivity (Wildman–Crippen MR) is 200 cm³/mol. The minimum Gasteiger partial charge on any atom is -0.392 e. The Kier molecular flexibility index (Phi) is 12.1. The number of aliphatic hydroxyl groups is 1. The SMILES string of the molecule is CCNC(=O)NCc1cccc(-c2ccc([C@@H]3O[C@H](CN4[C@@H](C(=O)NC(C)(C)C)CC[C@H]5CCCC[C@H]54)C[C@H](c4ccc(CO)cc4)O3)cc2)c1. The van der Waals surface area contributed by atoms with Gasteiger partial charge in [-0.15, -0.1) is 0 Å². The fourth-order valence-corrected chi connectivity index (χ4v) is 8.09. The normalized spacial score (nSPS) is 25.4. The number of carbonyl (C=O) groups excluding carboxylic acids is 2. The van der Waals surface area contributed by atoms with Crippen LogP contribution in [0, 0.1) is 5.92 Å². The molecule has 6 rings (SSSR count). The van der Waals surface area contributed by atoms with Crippen LogP contribution in [-0.4, -0.2) is 58.8 Å². The lowest BCUT2D eigenvalue weighted by molar-refractivity contribution is -0.255. The number of hydrogen-bond donors (Lipinski definition) is 4. The Balaban J connectivity index is 1.24. The van der Waals surface area contributed by atoms with Crippen molar-refractivity contribution in [2.24, 2.45) is 5.92 Å². The first kappa shape index (κ1) is 37.0. The van der Waals surface area contributed by atoms with Gasteiger partial charge in [-0.25, -0.2) is 4.79 Å². The molecule has 2 saturated heterocycles. The second-order valence-electron chi connectivity index (χ2n) is 15.5. The highest BCUT2D eigenvalue weighted by molar-refractivity contribution is 5.82. The van der Waals surface area contributed by atoms with Gasteiger partial charge in [0.2, 0.25) is 5.91 Å². The van der Waals surface area contributed by atoms with Gasteiger partial charge >= 0.3 is 6.03 Å². The first-order valence-electron chi connectivity index (χ1n) is 18.9. The van der Waals surface area contributed by atoms with Crippen LogP contribution in [0.15, 0.2) is 72.8 Å². The summed E-state index contributed by atoms with van der Waals surface area (Å²) >= 11 is 0. The molecule has 1 aliphatic carbocycles. The summed E-state index contributed by atoms with van der Waals surface area (Å²) in [4.78, 5) is 28.2. The van der Waals surface area contributed by atoms with Crippen molar-refractivity contribution in [1.29, 1.82) is 0 Å². The first-order chi connectivity index (χ1) is 24.6. The van der Waals surface area contributed by atoms with Crippen molar-refractivity contribution in [3.8, 4) is 11.1 Å². The van der Waals surface area contributed by atoms with E-state index in [-0.39, 0.29) is 42.3 Å². The van der Waals surface area contributed by atoms with Crippen molar-refractivity contribution in [3.05, 3.63) is 95.1 Å². The van der Waals surface area contributed by atoms with Crippen LogP contribution in [0.2, 0.25) is 0 Å². The van der Waals surface area contributed by atoms with Crippen molar-refractivity contribution in [2.75, 3.05) is 13.1 Å². The lowest BCUT2D eigenvalue weighted by Crippen LogP contribution is -2.61. The molecule has 0 aromatic heterocycles. The van der Waals surface area contributed by atoms with Crippen LogP contribution < -0.4 is 16.0 Å². The Hall–Kier alpha value is -3.76. The van der Waals surface area contributed by atoms with Gasteiger partial charge in [0, 0.05) is 43.2 Å². The Labute approximate surface area is 303 Å². The molecule has 3 fully saturated rings. The molecule has 1 saturated carbocycles. The summed E-state index contributed by atoms with van der Waals surface area (Å²) in [6.45, 7) is 9.74. The van der Waals surface area contributed by atoms with E-state index in [2.05, 4.69) is 57.2 Å².